The first kappa shape index (κ1) is 15.6. The van der Waals surface area contributed by atoms with Crippen LogP contribution in [0.25, 0.3) is 0 Å². The van der Waals surface area contributed by atoms with Crippen molar-refractivity contribution in [3.8, 4) is 0 Å². The first-order valence-corrected chi connectivity index (χ1v) is 6.81. The molecule has 1 unspecified atom stereocenters. The largest absolute Gasteiger partial charge is 0.314 e. The summed E-state index contributed by atoms with van der Waals surface area (Å²) in [5.74, 6) is 0. The first-order chi connectivity index (χ1) is 8.84. The van der Waals surface area contributed by atoms with Gasteiger partial charge in [-0.15, -0.1) is 0 Å². The number of nitro benzene ring substituents is 1. The van der Waals surface area contributed by atoms with Crippen LogP contribution in [0.2, 0.25) is 0 Å². The molecule has 1 aromatic carbocycles. The van der Waals surface area contributed by atoms with Gasteiger partial charge in [0.25, 0.3) is 5.69 Å². The van der Waals surface area contributed by atoms with Gasteiger partial charge < -0.3 is 5.32 Å². The minimum atomic E-state index is -0.338. The van der Waals surface area contributed by atoms with Gasteiger partial charge in [-0.3, -0.25) is 10.1 Å². The summed E-state index contributed by atoms with van der Waals surface area (Å²) in [6, 6.07) is 7.34. The summed E-state index contributed by atoms with van der Waals surface area (Å²) >= 11 is 0. The lowest BCUT2D eigenvalue weighted by Crippen LogP contribution is -2.40. The van der Waals surface area contributed by atoms with Crippen molar-refractivity contribution in [3.05, 3.63) is 39.9 Å². The fourth-order valence-electron chi connectivity index (χ4n) is 2.22. The molecule has 0 amide bonds. The Labute approximate surface area is 115 Å². The number of hydrogen-bond acceptors (Lipinski definition) is 3. The SMILES string of the molecule is CCNC(CCc1cccc([N+](=O)[O-])c1)C(C)(C)C. The molecule has 4 nitrogen and oxygen atoms in total. The van der Waals surface area contributed by atoms with Crippen LogP contribution in [0, 0.1) is 15.5 Å². The Balaban J connectivity index is 2.69. The van der Waals surface area contributed by atoms with E-state index in [0.29, 0.717) is 6.04 Å². The third kappa shape index (κ3) is 4.99. The summed E-state index contributed by atoms with van der Waals surface area (Å²) in [5.41, 5.74) is 1.39. The van der Waals surface area contributed by atoms with Crippen LogP contribution >= 0.6 is 0 Å². The Kier molecular flexibility index (Phi) is 5.48. The van der Waals surface area contributed by atoms with Crippen molar-refractivity contribution in [1.29, 1.82) is 0 Å². The molecule has 1 N–H and O–H groups in total. The Hall–Kier alpha value is -1.42. The van der Waals surface area contributed by atoms with Gasteiger partial charge in [0.2, 0.25) is 0 Å². The van der Waals surface area contributed by atoms with Gasteiger partial charge in [-0.25, -0.2) is 0 Å². The minimum Gasteiger partial charge on any atom is -0.314 e. The van der Waals surface area contributed by atoms with E-state index >= 15 is 0 Å². The summed E-state index contributed by atoms with van der Waals surface area (Å²) < 4.78 is 0. The van der Waals surface area contributed by atoms with Crippen molar-refractivity contribution in [2.45, 2.75) is 46.6 Å². The van der Waals surface area contributed by atoms with Crippen molar-refractivity contribution >= 4 is 5.69 Å². The molecule has 0 heterocycles. The fourth-order valence-corrected chi connectivity index (χ4v) is 2.22. The van der Waals surface area contributed by atoms with Crippen LogP contribution in [-0.2, 0) is 6.42 Å². The maximum Gasteiger partial charge on any atom is 0.269 e. The zero-order valence-corrected chi connectivity index (χ0v) is 12.3. The molecule has 4 heteroatoms. The highest BCUT2D eigenvalue weighted by Gasteiger charge is 2.23. The molecular weight excluding hydrogens is 240 g/mol. The normalized spacial score (nSPS) is 13.3. The molecule has 0 fully saturated rings. The molecule has 0 aliphatic heterocycles. The molecule has 0 bridgehead atoms. The molecule has 1 aromatic rings. The van der Waals surface area contributed by atoms with Gasteiger partial charge in [-0.2, -0.15) is 0 Å². The molecule has 1 atom stereocenters. The summed E-state index contributed by atoms with van der Waals surface area (Å²) in [6.07, 6.45) is 1.84. The first-order valence-electron chi connectivity index (χ1n) is 6.81. The average Bonchev–Trinajstić information content (AvgIpc) is 2.33. The number of aryl methyl sites for hydroxylation is 1. The lowest BCUT2D eigenvalue weighted by Gasteiger charge is -2.31. The van der Waals surface area contributed by atoms with E-state index in [-0.39, 0.29) is 16.0 Å². The standard InChI is InChI=1S/C15H24N2O2/c1-5-16-14(15(2,3)4)10-9-12-7-6-8-13(11-12)17(18)19/h6-8,11,14,16H,5,9-10H2,1-4H3. The van der Waals surface area contributed by atoms with Crippen molar-refractivity contribution in [2.75, 3.05) is 6.54 Å². The highest BCUT2D eigenvalue weighted by molar-refractivity contribution is 5.34. The molecule has 0 aliphatic carbocycles. The van der Waals surface area contributed by atoms with Crippen LogP contribution in [0.3, 0.4) is 0 Å². The van der Waals surface area contributed by atoms with E-state index in [2.05, 4.69) is 33.0 Å². The van der Waals surface area contributed by atoms with Gasteiger partial charge in [0.15, 0.2) is 0 Å². The maximum atomic E-state index is 10.7. The van der Waals surface area contributed by atoms with Crippen LogP contribution in [0.1, 0.15) is 39.7 Å². The van der Waals surface area contributed by atoms with Gasteiger partial charge in [-0.05, 0) is 30.4 Å². The summed E-state index contributed by atoms with van der Waals surface area (Å²) in [5, 5.41) is 14.2. The van der Waals surface area contributed by atoms with E-state index in [9.17, 15) is 10.1 Å². The highest BCUT2D eigenvalue weighted by atomic mass is 16.6. The van der Waals surface area contributed by atoms with E-state index < -0.39 is 0 Å². The lowest BCUT2D eigenvalue weighted by molar-refractivity contribution is -0.384. The monoisotopic (exact) mass is 264 g/mol. The van der Waals surface area contributed by atoms with Crippen molar-refractivity contribution < 1.29 is 4.92 Å². The van der Waals surface area contributed by atoms with Gasteiger partial charge in [0.1, 0.15) is 0 Å². The van der Waals surface area contributed by atoms with Gasteiger partial charge in [-0.1, -0.05) is 39.8 Å². The number of hydrogen-bond donors (Lipinski definition) is 1. The highest BCUT2D eigenvalue weighted by Crippen LogP contribution is 2.24. The predicted octanol–water partition coefficient (Wildman–Crippen LogP) is 3.55. The summed E-state index contributed by atoms with van der Waals surface area (Å²) in [7, 11) is 0. The molecule has 0 saturated heterocycles. The Morgan fingerprint density at radius 3 is 2.58 bits per heavy atom. The van der Waals surface area contributed by atoms with E-state index in [4.69, 9.17) is 0 Å². The second-order valence-corrected chi connectivity index (χ2v) is 5.94. The number of nitrogens with one attached hydrogen (secondary N) is 1. The number of nitro groups is 1. The third-order valence-corrected chi connectivity index (χ3v) is 3.34. The molecule has 0 spiro atoms. The molecule has 19 heavy (non-hydrogen) atoms. The smallest absolute Gasteiger partial charge is 0.269 e. The Morgan fingerprint density at radius 1 is 1.37 bits per heavy atom. The van der Waals surface area contributed by atoms with Crippen LogP contribution < -0.4 is 5.32 Å². The number of nitrogens with zero attached hydrogens (tertiary/aromatic N) is 1. The van der Waals surface area contributed by atoms with Crippen LogP contribution in [0.4, 0.5) is 5.69 Å². The molecule has 0 saturated carbocycles. The van der Waals surface area contributed by atoms with Crippen molar-refractivity contribution in [3.63, 3.8) is 0 Å². The second kappa shape index (κ2) is 6.66. The van der Waals surface area contributed by atoms with Crippen LogP contribution in [-0.4, -0.2) is 17.5 Å². The molecule has 106 valence electrons. The molecule has 1 rings (SSSR count). The van der Waals surface area contributed by atoms with Crippen LogP contribution in [0.15, 0.2) is 24.3 Å². The minimum absolute atomic E-state index is 0.174. The van der Waals surface area contributed by atoms with Crippen molar-refractivity contribution in [2.24, 2.45) is 5.41 Å². The Morgan fingerprint density at radius 2 is 2.05 bits per heavy atom. The van der Waals surface area contributed by atoms with Crippen molar-refractivity contribution in [1.82, 2.24) is 5.32 Å². The van der Waals surface area contributed by atoms with Gasteiger partial charge in [0, 0.05) is 18.2 Å². The summed E-state index contributed by atoms with van der Waals surface area (Å²) in [6.45, 7) is 9.69. The summed E-state index contributed by atoms with van der Waals surface area (Å²) in [4.78, 5) is 10.4. The fraction of sp³-hybridized carbons (Fsp3) is 0.600. The third-order valence-electron chi connectivity index (χ3n) is 3.34. The lowest BCUT2D eigenvalue weighted by atomic mass is 9.83. The zero-order chi connectivity index (χ0) is 14.5. The predicted molar refractivity (Wildman–Crippen MR) is 78.3 cm³/mol. The second-order valence-electron chi connectivity index (χ2n) is 5.94. The molecule has 0 aliphatic rings. The number of rotatable bonds is 6. The van der Waals surface area contributed by atoms with Gasteiger partial charge >= 0.3 is 0 Å². The molecule has 0 aromatic heterocycles. The number of benzene rings is 1. The number of non-ortho nitro benzene ring substituents is 1. The molecule has 0 radical (unpaired) electrons. The van der Waals surface area contributed by atoms with E-state index in [1.54, 1.807) is 12.1 Å². The quantitative estimate of drug-likeness (QED) is 0.631. The van der Waals surface area contributed by atoms with E-state index in [1.165, 1.54) is 6.07 Å². The molecular formula is C15H24N2O2. The van der Waals surface area contributed by atoms with E-state index in [0.717, 1.165) is 24.9 Å². The van der Waals surface area contributed by atoms with Gasteiger partial charge in [0.05, 0.1) is 4.92 Å². The average molecular weight is 264 g/mol. The Bertz CT molecular complexity index is 424. The van der Waals surface area contributed by atoms with E-state index in [1.807, 2.05) is 6.07 Å². The topological polar surface area (TPSA) is 55.2 Å². The van der Waals surface area contributed by atoms with Crippen LogP contribution in [0.5, 0.6) is 0 Å². The maximum absolute atomic E-state index is 10.7. The zero-order valence-electron chi connectivity index (χ0n) is 12.3.